The Labute approximate surface area is 128 Å². The molecule has 5 heteroatoms. The number of rotatable bonds is 1. The summed E-state index contributed by atoms with van der Waals surface area (Å²) in [5.74, 6) is 3.25. The number of nitrogens with zero attached hydrogens (tertiary/aromatic N) is 3. The fourth-order valence-electron chi connectivity index (χ4n) is 2.08. The van der Waals surface area contributed by atoms with Gasteiger partial charge in [-0.25, -0.2) is 4.98 Å². The van der Waals surface area contributed by atoms with Gasteiger partial charge in [-0.05, 0) is 26.1 Å². The highest BCUT2D eigenvalue weighted by Crippen LogP contribution is 2.18. The number of carbonyl (C=O) groups excluding carboxylic acids is 1. The van der Waals surface area contributed by atoms with Crippen LogP contribution in [-0.4, -0.2) is 50.0 Å². The van der Waals surface area contributed by atoms with Crippen molar-refractivity contribution in [3.8, 4) is 11.5 Å². The molecule has 0 radical (unpaired) electrons. The Bertz CT molecular complexity index is 580. The van der Waals surface area contributed by atoms with Gasteiger partial charge in [0.05, 0.1) is 18.4 Å². The Hall–Kier alpha value is -1.64. The maximum absolute atomic E-state index is 12.1. The molecule has 1 aliphatic rings. The van der Waals surface area contributed by atoms with Crippen LogP contribution in [0.4, 0.5) is 5.69 Å². The van der Waals surface area contributed by atoms with Gasteiger partial charge in [0.15, 0.2) is 0 Å². The second-order valence-corrected chi connectivity index (χ2v) is 11.4. The lowest BCUT2D eigenvalue weighted by molar-refractivity contribution is -0.121. The quantitative estimate of drug-likeness (QED) is 0.588. The number of amides is 1. The molecule has 0 aromatic carbocycles. The number of carbonyl (C=O) groups is 1. The van der Waals surface area contributed by atoms with Crippen LogP contribution in [-0.2, 0) is 4.79 Å². The van der Waals surface area contributed by atoms with Crippen LogP contribution in [0, 0.1) is 11.5 Å². The number of aromatic nitrogens is 1. The van der Waals surface area contributed by atoms with Gasteiger partial charge < -0.3 is 4.90 Å². The van der Waals surface area contributed by atoms with Gasteiger partial charge in [0.1, 0.15) is 13.8 Å². The highest BCUT2D eigenvalue weighted by molar-refractivity contribution is 6.83. The molecule has 1 aromatic rings. The lowest BCUT2D eigenvalue weighted by Crippen LogP contribution is -2.53. The topological polar surface area (TPSA) is 36.4 Å². The van der Waals surface area contributed by atoms with Crippen molar-refractivity contribution in [1.29, 1.82) is 0 Å². The van der Waals surface area contributed by atoms with Gasteiger partial charge in [-0.1, -0.05) is 25.6 Å². The molecule has 2 rings (SSSR count). The number of anilines is 1. The summed E-state index contributed by atoms with van der Waals surface area (Å²) in [6.45, 7) is 9.91. The van der Waals surface area contributed by atoms with Crippen LogP contribution in [0.2, 0.25) is 19.6 Å². The number of hydrogen-bond acceptors (Lipinski definition) is 3. The second kappa shape index (κ2) is 6.00. The number of hydrogen-bond donors (Lipinski definition) is 0. The molecule has 2 heterocycles. The van der Waals surface area contributed by atoms with E-state index in [4.69, 9.17) is 0 Å². The molecule has 1 fully saturated rings. The molecule has 0 spiro atoms. The molecule has 1 atom stereocenters. The van der Waals surface area contributed by atoms with Gasteiger partial charge in [0.25, 0.3) is 0 Å². The van der Waals surface area contributed by atoms with E-state index in [1.54, 1.807) is 6.20 Å². The van der Waals surface area contributed by atoms with Crippen LogP contribution in [0.5, 0.6) is 0 Å². The standard InChI is InChI=1S/C16H23N3OSi/c1-13-11-19(16(20)12-18(13)2)15-7-6-14(17-10-15)8-9-21(3,4)5/h6-7,10,13H,11-12H2,1-5H3/t13-/m1/s1. The van der Waals surface area contributed by atoms with E-state index in [1.165, 1.54) is 0 Å². The fourth-order valence-corrected chi connectivity index (χ4v) is 2.58. The van der Waals surface area contributed by atoms with Crippen molar-refractivity contribution < 1.29 is 4.79 Å². The molecule has 1 amide bonds. The highest BCUT2D eigenvalue weighted by Gasteiger charge is 2.27. The molecule has 1 aromatic heterocycles. The first-order valence-electron chi connectivity index (χ1n) is 7.26. The summed E-state index contributed by atoms with van der Waals surface area (Å²) in [6.07, 6.45) is 1.75. The third-order valence-corrected chi connectivity index (χ3v) is 4.39. The van der Waals surface area contributed by atoms with Gasteiger partial charge in [-0.3, -0.25) is 9.69 Å². The van der Waals surface area contributed by atoms with Crippen LogP contribution < -0.4 is 4.90 Å². The minimum atomic E-state index is -1.38. The Kier molecular flexibility index (Phi) is 4.50. The molecular formula is C16H23N3OSi. The first-order valence-corrected chi connectivity index (χ1v) is 10.8. The Morgan fingerprint density at radius 2 is 2.05 bits per heavy atom. The Morgan fingerprint density at radius 1 is 1.33 bits per heavy atom. The first kappa shape index (κ1) is 15.7. The maximum atomic E-state index is 12.1. The van der Waals surface area contributed by atoms with Crippen molar-refractivity contribution in [1.82, 2.24) is 9.88 Å². The van der Waals surface area contributed by atoms with Crippen molar-refractivity contribution in [2.75, 3.05) is 25.0 Å². The van der Waals surface area contributed by atoms with E-state index in [0.29, 0.717) is 19.1 Å². The number of likely N-dealkylation sites (N-methyl/N-ethyl adjacent to an activating group) is 1. The molecule has 1 saturated heterocycles. The first-order chi connectivity index (χ1) is 9.76. The van der Waals surface area contributed by atoms with Gasteiger partial charge in [-0.2, -0.15) is 0 Å². The molecule has 4 nitrogen and oxygen atoms in total. The smallest absolute Gasteiger partial charge is 0.241 e. The summed E-state index contributed by atoms with van der Waals surface area (Å²) in [6, 6.07) is 4.20. The van der Waals surface area contributed by atoms with Gasteiger partial charge in [-0.15, -0.1) is 5.54 Å². The average molecular weight is 301 g/mol. The zero-order chi connectivity index (χ0) is 15.6. The maximum Gasteiger partial charge on any atom is 0.241 e. The predicted molar refractivity (Wildman–Crippen MR) is 88.9 cm³/mol. The van der Waals surface area contributed by atoms with E-state index < -0.39 is 8.07 Å². The van der Waals surface area contributed by atoms with Gasteiger partial charge in [0, 0.05) is 12.6 Å². The summed E-state index contributed by atoms with van der Waals surface area (Å²) in [5.41, 5.74) is 4.93. The van der Waals surface area contributed by atoms with Crippen molar-refractivity contribution in [2.45, 2.75) is 32.6 Å². The van der Waals surface area contributed by atoms with Crippen molar-refractivity contribution in [2.24, 2.45) is 0 Å². The summed E-state index contributed by atoms with van der Waals surface area (Å²) in [7, 11) is 0.595. The van der Waals surface area contributed by atoms with Crippen LogP contribution >= 0.6 is 0 Å². The van der Waals surface area contributed by atoms with Crippen molar-refractivity contribution in [3.05, 3.63) is 24.0 Å². The van der Waals surface area contributed by atoms with Gasteiger partial charge in [0.2, 0.25) is 5.91 Å². The molecule has 0 N–H and O–H groups in total. The molecule has 112 valence electrons. The summed E-state index contributed by atoms with van der Waals surface area (Å²) in [5, 5.41) is 0. The lowest BCUT2D eigenvalue weighted by atomic mass is 10.2. The predicted octanol–water partition coefficient (Wildman–Crippen LogP) is 1.98. The highest BCUT2D eigenvalue weighted by atomic mass is 28.3. The zero-order valence-electron chi connectivity index (χ0n) is 13.5. The second-order valence-electron chi connectivity index (χ2n) is 6.67. The van der Waals surface area contributed by atoms with Gasteiger partial charge >= 0.3 is 0 Å². The average Bonchev–Trinajstić information content (AvgIpc) is 2.40. The fraction of sp³-hybridized carbons (Fsp3) is 0.500. The normalized spacial score (nSPS) is 20.1. The van der Waals surface area contributed by atoms with E-state index >= 15 is 0 Å². The van der Waals surface area contributed by atoms with Crippen LogP contribution in [0.3, 0.4) is 0 Å². The Morgan fingerprint density at radius 3 is 2.62 bits per heavy atom. The molecular weight excluding hydrogens is 278 g/mol. The minimum absolute atomic E-state index is 0.123. The Balaban J connectivity index is 2.15. The van der Waals surface area contributed by atoms with Crippen LogP contribution in [0.1, 0.15) is 12.6 Å². The van der Waals surface area contributed by atoms with E-state index in [0.717, 1.165) is 11.4 Å². The van der Waals surface area contributed by atoms with Crippen LogP contribution in [0.15, 0.2) is 18.3 Å². The third-order valence-electron chi connectivity index (χ3n) is 3.51. The number of pyridine rings is 1. The summed E-state index contributed by atoms with van der Waals surface area (Å²) in [4.78, 5) is 20.4. The van der Waals surface area contributed by atoms with Crippen molar-refractivity contribution >= 4 is 19.7 Å². The third kappa shape index (κ3) is 4.16. The van der Waals surface area contributed by atoms with Crippen LogP contribution in [0.25, 0.3) is 0 Å². The zero-order valence-corrected chi connectivity index (χ0v) is 14.5. The molecule has 0 saturated carbocycles. The minimum Gasteiger partial charge on any atom is -0.308 e. The molecule has 0 aliphatic carbocycles. The molecule has 21 heavy (non-hydrogen) atoms. The SMILES string of the molecule is C[C@@H]1CN(c2ccc(C#C[Si](C)(C)C)nc2)C(=O)CN1C. The largest absolute Gasteiger partial charge is 0.308 e. The molecule has 0 unspecified atom stereocenters. The summed E-state index contributed by atoms with van der Waals surface area (Å²) < 4.78 is 0. The van der Waals surface area contributed by atoms with E-state index in [-0.39, 0.29) is 5.91 Å². The van der Waals surface area contributed by atoms with E-state index in [9.17, 15) is 4.79 Å². The number of piperazine rings is 1. The summed E-state index contributed by atoms with van der Waals surface area (Å²) >= 11 is 0. The van der Waals surface area contributed by atoms with E-state index in [2.05, 4.69) is 47.9 Å². The molecule has 1 aliphatic heterocycles. The van der Waals surface area contributed by atoms with Crippen molar-refractivity contribution in [3.63, 3.8) is 0 Å². The van der Waals surface area contributed by atoms with E-state index in [1.807, 2.05) is 24.1 Å². The molecule has 0 bridgehead atoms. The lowest BCUT2D eigenvalue weighted by Gasteiger charge is -2.37. The monoisotopic (exact) mass is 301 g/mol.